The zero-order valence-corrected chi connectivity index (χ0v) is 9.78. The highest BCUT2D eigenvalue weighted by atomic mass is 79.9. The molecule has 0 unspecified atom stereocenters. The summed E-state index contributed by atoms with van der Waals surface area (Å²) in [5.41, 5.74) is -1.45. The lowest BCUT2D eigenvalue weighted by Gasteiger charge is -2.14. The van der Waals surface area contributed by atoms with Gasteiger partial charge in [0.25, 0.3) is 0 Å². The lowest BCUT2D eigenvalue weighted by atomic mass is 10.1. The van der Waals surface area contributed by atoms with Gasteiger partial charge in [-0.2, -0.15) is 22.0 Å². The first kappa shape index (κ1) is 14.0. The molecule has 1 aromatic rings. The van der Waals surface area contributed by atoms with Crippen molar-refractivity contribution in [2.24, 2.45) is 0 Å². The van der Waals surface area contributed by atoms with E-state index in [4.69, 9.17) is 0 Å². The van der Waals surface area contributed by atoms with Gasteiger partial charge in [-0.3, -0.25) is 0 Å². The van der Waals surface area contributed by atoms with Gasteiger partial charge in [0.05, 0.1) is 5.57 Å². The quantitative estimate of drug-likeness (QED) is 0.585. The molecular formula is C10H6BrF5O. The van der Waals surface area contributed by atoms with E-state index in [1.165, 1.54) is 6.07 Å². The Balaban J connectivity index is 2.98. The Morgan fingerprint density at radius 3 is 2.24 bits per heavy atom. The van der Waals surface area contributed by atoms with Gasteiger partial charge in [-0.1, -0.05) is 18.7 Å². The number of halogens is 6. The molecule has 0 fully saturated rings. The molecule has 0 aromatic heterocycles. The molecule has 1 rings (SSSR count). The summed E-state index contributed by atoms with van der Waals surface area (Å²) in [6, 6.07) is 4.22. The minimum atomic E-state index is -4.62. The van der Waals surface area contributed by atoms with Crippen molar-refractivity contribution in [1.29, 1.82) is 0 Å². The Bertz CT molecular complexity index is 421. The molecule has 0 aliphatic carbocycles. The number of allylic oxidation sites excluding steroid dienone is 1. The summed E-state index contributed by atoms with van der Waals surface area (Å²) < 4.78 is 65.8. The van der Waals surface area contributed by atoms with Gasteiger partial charge in [-0.15, -0.1) is 0 Å². The van der Waals surface area contributed by atoms with Gasteiger partial charge in [0.1, 0.15) is 5.75 Å². The number of hydrogen-bond donors (Lipinski definition) is 0. The van der Waals surface area contributed by atoms with E-state index in [0.29, 0.717) is 0 Å². The van der Waals surface area contributed by atoms with Crippen molar-refractivity contribution in [2.45, 2.75) is 11.2 Å². The Morgan fingerprint density at radius 1 is 1.18 bits per heavy atom. The van der Waals surface area contributed by atoms with Gasteiger partial charge in [-0.05, 0) is 17.7 Å². The molecule has 0 saturated heterocycles. The van der Waals surface area contributed by atoms with Gasteiger partial charge in [-0.25, -0.2) is 0 Å². The summed E-state index contributed by atoms with van der Waals surface area (Å²) in [6.45, 7) is 2.85. The van der Waals surface area contributed by atoms with E-state index in [9.17, 15) is 22.0 Å². The van der Waals surface area contributed by atoms with E-state index < -0.39 is 22.5 Å². The average molecular weight is 317 g/mol. The highest BCUT2D eigenvalue weighted by molar-refractivity contribution is 9.09. The number of ether oxygens (including phenoxy) is 1. The monoisotopic (exact) mass is 316 g/mol. The van der Waals surface area contributed by atoms with E-state index in [1.54, 1.807) is 0 Å². The minimum absolute atomic E-state index is 0.327. The van der Waals surface area contributed by atoms with Crippen LogP contribution >= 0.6 is 15.9 Å². The zero-order chi connectivity index (χ0) is 13.3. The van der Waals surface area contributed by atoms with Crippen LogP contribution in [0.2, 0.25) is 0 Å². The highest BCUT2D eigenvalue weighted by Crippen LogP contribution is 2.34. The van der Waals surface area contributed by atoms with Crippen molar-refractivity contribution < 1.29 is 26.7 Å². The molecule has 1 nitrogen and oxygen atoms in total. The summed E-state index contributed by atoms with van der Waals surface area (Å²) in [5.74, 6) is -0.394. The van der Waals surface area contributed by atoms with Crippen molar-refractivity contribution >= 4 is 21.5 Å². The molecule has 0 radical (unpaired) electrons. The second kappa shape index (κ2) is 4.64. The molecule has 0 amide bonds. The van der Waals surface area contributed by atoms with Crippen molar-refractivity contribution in [1.82, 2.24) is 0 Å². The lowest BCUT2D eigenvalue weighted by Crippen LogP contribution is -2.15. The van der Waals surface area contributed by atoms with E-state index in [-0.39, 0.29) is 5.56 Å². The van der Waals surface area contributed by atoms with E-state index in [2.05, 4.69) is 11.3 Å². The molecule has 0 N–H and O–H groups in total. The van der Waals surface area contributed by atoms with Gasteiger partial charge in [0.15, 0.2) is 0 Å². The van der Waals surface area contributed by atoms with Crippen LogP contribution in [-0.2, 0) is 0 Å². The Morgan fingerprint density at radius 2 is 1.76 bits per heavy atom. The first-order valence-corrected chi connectivity index (χ1v) is 5.01. The summed E-state index contributed by atoms with van der Waals surface area (Å²) in [7, 11) is 0. The van der Waals surface area contributed by atoms with Gasteiger partial charge in [0.2, 0.25) is 0 Å². The van der Waals surface area contributed by atoms with Crippen molar-refractivity contribution in [2.75, 3.05) is 0 Å². The number of alkyl halides is 6. The highest BCUT2D eigenvalue weighted by Gasteiger charge is 2.33. The number of benzene rings is 1. The largest absolute Gasteiger partial charge is 0.459 e. The van der Waals surface area contributed by atoms with Crippen LogP contribution in [0.5, 0.6) is 5.75 Å². The average Bonchev–Trinajstić information content (AvgIpc) is 2.12. The summed E-state index contributed by atoms with van der Waals surface area (Å²) in [5, 5.41) is -3.63. The first-order valence-electron chi connectivity index (χ1n) is 4.22. The van der Waals surface area contributed by atoms with Crippen LogP contribution in [-0.4, -0.2) is 11.2 Å². The van der Waals surface area contributed by atoms with Crippen molar-refractivity contribution in [3.05, 3.63) is 36.4 Å². The smallest absolute Gasteiger partial charge is 0.424 e. The molecule has 0 atom stereocenters. The predicted octanol–water partition coefficient (Wildman–Crippen LogP) is 4.59. The van der Waals surface area contributed by atoms with E-state index in [1.807, 2.05) is 15.9 Å². The summed E-state index contributed by atoms with van der Waals surface area (Å²) in [4.78, 5) is 0. The predicted molar refractivity (Wildman–Crippen MR) is 56.0 cm³/mol. The van der Waals surface area contributed by atoms with E-state index >= 15 is 0 Å². The Labute approximate surface area is 102 Å². The Hall–Kier alpha value is -1.11. The van der Waals surface area contributed by atoms with Crippen LogP contribution in [0.25, 0.3) is 5.57 Å². The maximum absolute atomic E-state index is 12.4. The third kappa shape index (κ3) is 4.33. The van der Waals surface area contributed by atoms with Gasteiger partial charge < -0.3 is 4.74 Å². The summed E-state index contributed by atoms with van der Waals surface area (Å²) in [6.07, 6.45) is -4.62. The molecule has 0 aliphatic rings. The van der Waals surface area contributed by atoms with Crippen LogP contribution in [0.3, 0.4) is 0 Å². The first-order chi connectivity index (χ1) is 7.59. The molecule has 0 aliphatic heterocycles. The van der Waals surface area contributed by atoms with Gasteiger partial charge >= 0.3 is 11.2 Å². The van der Waals surface area contributed by atoms with Crippen LogP contribution in [0.1, 0.15) is 5.56 Å². The molecule has 94 valence electrons. The second-order valence-electron chi connectivity index (χ2n) is 3.05. The fourth-order valence-corrected chi connectivity index (χ4v) is 1.23. The van der Waals surface area contributed by atoms with Gasteiger partial charge in [0, 0.05) is 15.9 Å². The SMILES string of the molecule is C=C(c1cccc(OC(F)(F)Br)c1)C(F)(F)F. The third-order valence-electron chi connectivity index (χ3n) is 1.76. The molecule has 1 aromatic carbocycles. The summed E-state index contributed by atoms with van der Waals surface area (Å²) >= 11 is 1.92. The van der Waals surface area contributed by atoms with Crippen LogP contribution in [0, 0.1) is 0 Å². The second-order valence-corrected chi connectivity index (χ2v) is 3.98. The van der Waals surface area contributed by atoms with Crippen molar-refractivity contribution in [3.8, 4) is 5.75 Å². The van der Waals surface area contributed by atoms with Crippen LogP contribution in [0.15, 0.2) is 30.8 Å². The number of hydrogen-bond acceptors (Lipinski definition) is 1. The lowest BCUT2D eigenvalue weighted by molar-refractivity contribution is -0.0803. The fourth-order valence-electron chi connectivity index (χ4n) is 1.04. The normalized spacial score (nSPS) is 12.4. The van der Waals surface area contributed by atoms with Crippen LogP contribution in [0.4, 0.5) is 22.0 Å². The fraction of sp³-hybridized carbons (Fsp3) is 0.200. The maximum atomic E-state index is 12.4. The molecule has 0 bridgehead atoms. The molecule has 0 saturated carbocycles. The minimum Gasteiger partial charge on any atom is -0.424 e. The zero-order valence-electron chi connectivity index (χ0n) is 8.19. The molecule has 17 heavy (non-hydrogen) atoms. The van der Waals surface area contributed by atoms with E-state index in [0.717, 1.165) is 18.2 Å². The number of rotatable bonds is 3. The topological polar surface area (TPSA) is 9.23 Å². The molecule has 0 heterocycles. The Kier molecular flexibility index (Phi) is 3.81. The standard InChI is InChI=1S/C10H6BrF5O/c1-6(9(12,13)14)7-3-2-4-8(5-7)17-10(11,15)16/h2-5H,1H2. The molecule has 7 heteroatoms. The van der Waals surface area contributed by atoms with Crippen LogP contribution < -0.4 is 4.74 Å². The molecular weight excluding hydrogens is 311 g/mol. The van der Waals surface area contributed by atoms with Crippen molar-refractivity contribution in [3.63, 3.8) is 0 Å². The molecule has 0 spiro atoms. The third-order valence-corrected chi connectivity index (χ3v) is 1.92. The maximum Gasteiger partial charge on any atom is 0.459 e.